The first-order valence-electron chi connectivity index (χ1n) is 6.46. The van der Waals surface area contributed by atoms with Gasteiger partial charge in [0, 0.05) is 0 Å². The Morgan fingerprint density at radius 1 is 1.00 bits per heavy atom. The summed E-state index contributed by atoms with van der Waals surface area (Å²) < 4.78 is 11.1. The highest BCUT2D eigenvalue weighted by Crippen LogP contribution is 2.32. The minimum absolute atomic E-state index is 0.0821. The SMILES string of the molecule is COc1cccc(Oc2ccc(C)c(C)c2)c1C(C)=O. The summed E-state index contributed by atoms with van der Waals surface area (Å²) in [6.07, 6.45) is 0. The molecule has 0 aliphatic heterocycles. The molecule has 3 heteroatoms. The molecular formula is C17H18O3. The van der Waals surface area contributed by atoms with Crippen molar-refractivity contribution in [1.29, 1.82) is 0 Å². The van der Waals surface area contributed by atoms with Crippen LogP contribution in [0, 0.1) is 13.8 Å². The van der Waals surface area contributed by atoms with Gasteiger partial charge in [0.25, 0.3) is 0 Å². The standard InChI is InChI=1S/C17H18O3/c1-11-8-9-14(10-12(11)2)20-16-7-5-6-15(19-4)17(16)13(3)18/h5-10H,1-4H3. The monoisotopic (exact) mass is 270 g/mol. The van der Waals surface area contributed by atoms with Gasteiger partial charge in [0.1, 0.15) is 22.8 Å². The summed E-state index contributed by atoms with van der Waals surface area (Å²) in [7, 11) is 1.54. The van der Waals surface area contributed by atoms with Gasteiger partial charge in [0.15, 0.2) is 5.78 Å². The maximum atomic E-state index is 11.8. The van der Waals surface area contributed by atoms with Crippen molar-refractivity contribution < 1.29 is 14.3 Å². The molecule has 0 fully saturated rings. The van der Waals surface area contributed by atoms with E-state index in [1.165, 1.54) is 12.5 Å². The van der Waals surface area contributed by atoms with Gasteiger partial charge >= 0.3 is 0 Å². The third-order valence-electron chi connectivity index (χ3n) is 3.27. The van der Waals surface area contributed by atoms with Crippen molar-refractivity contribution in [2.24, 2.45) is 0 Å². The van der Waals surface area contributed by atoms with Crippen LogP contribution in [0.25, 0.3) is 0 Å². The van der Waals surface area contributed by atoms with Gasteiger partial charge in [-0.15, -0.1) is 0 Å². The Morgan fingerprint density at radius 3 is 2.30 bits per heavy atom. The predicted molar refractivity (Wildman–Crippen MR) is 79.0 cm³/mol. The lowest BCUT2D eigenvalue weighted by molar-refractivity contribution is 0.101. The van der Waals surface area contributed by atoms with Crippen LogP contribution in [0.15, 0.2) is 36.4 Å². The lowest BCUT2D eigenvalue weighted by Crippen LogP contribution is -2.01. The second-order valence-electron chi connectivity index (χ2n) is 4.74. The largest absolute Gasteiger partial charge is 0.496 e. The van der Waals surface area contributed by atoms with E-state index in [1.807, 2.05) is 38.1 Å². The molecule has 2 aromatic carbocycles. The molecule has 0 aliphatic rings. The molecule has 0 aliphatic carbocycles. The maximum Gasteiger partial charge on any atom is 0.167 e. The van der Waals surface area contributed by atoms with Crippen LogP contribution in [0.2, 0.25) is 0 Å². The lowest BCUT2D eigenvalue weighted by atomic mass is 10.1. The van der Waals surface area contributed by atoms with E-state index in [0.29, 0.717) is 22.8 Å². The average Bonchev–Trinajstić information content (AvgIpc) is 2.42. The van der Waals surface area contributed by atoms with Crippen molar-refractivity contribution in [3.8, 4) is 17.2 Å². The van der Waals surface area contributed by atoms with Crippen molar-refractivity contribution in [2.45, 2.75) is 20.8 Å². The first-order chi connectivity index (χ1) is 9.52. The molecule has 2 rings (SSSR count). The number of Topliss-reactive ketones (excluding diaryl/α,β-unsaturated/α-hetero) is 1. The van der Waals surface area contributed by atoms with E-state index in [-0.39, 0.29) is 5.78 Å². The zero-order chi connectivity index (χ0) is 14.7. The van der Waals surface area contributed by atoms with Crippen molar-refractivity contribution in [2.75, 3.05) is 7.11 Å². The summed E-state index contributed by atoms with van der Waals surface area (Å²) in [5, 5.41) is 0. The van der Waals surface area contributed by atoms with Gasteiger partial charge in [-0.3, -0.25) is 4.79 Å². The number of aryl methyl sites for hydroxylation is 2. The van der Waals surface area contributed by atoms with Crippen LogP contribution in [0.3, 0.4) is 0 Å². The number of rotatable bonds is 4. The van der Waals surface area contributed by atoms with Gasteiger partial charge in [0.05, 0.1) is 7.11 Å². The van der Waals surface area contributed by atoms with Crippen molar-refractivity contribution in [3.05, 3.63) is 53.1 Å². The number of methoxy groups -OCH3 is 1. The number of carbonyl (C=O) groups excluding carboxylic acids is 1. The van der Waals surface area contributed by atoms with Gasteiger partial charge in [-0.1, -0.05) is 12.1 Å². The number of hydrogen-bond acceptors (Lipinski definition) is 3. The van der Waals surface area contributed by atoms with Crippen LogP contribution >= 0.6 is 0 Å². The zero-order valence-electron chi connectivity index (χ0n) is 12.2. The van der Waals surface area contributed by atoms with Crippen LogP contribution in [0.4, 0.5) is 0 Å². The Balaban J connectivity index is 2.42. The third-order valence-corrected chi connectivity index (χ3v) is 3.27. The minimum atomic E-state index is -0.0821. The molecule has 0 bridgehead atoms. The number of hydrogen-bond donors (Lipinski definition) is 0. The molecule has 0 saturated carbocycles. The topological polar surface area (TPSA) is 35.5 Å². The Labute approximate surface area is 119 Å². The average molecular weight is 270 g/mol. The molecule has 0 atom stereocenters. The molecule has 0 N–H and O–H groups in total. The van der Waals surface area contributed by atoms with Gasteiger partial charge in [-0.25, -0.2) is 0 Å². The highest BCUT2D eigenvalue weighted by Gasteiger charge is 2.15. The highest BCUT2D eigenvalue weighted by molar-refractivity contribution is 5.99. The van der Waals surface area contributed by atoms with E-state index < -0.39 is 0 Å². The van der Waals surface area contributed by atoms with Crippen LogP contribution in [-0.2, 0) is 0 Å². The number of carbonyl (C=O) groups is 1. The highest BCUT2D eigenvalue weighted by atomic mass is 16.5. The summed E-state index contributed by atoms with van der Waals surface area (Å²) in [5.41, 5.74) is 2.82. The van der Waals surface area contributed by atoms with Crippen molar-refractivity contribution in [3.63, 3.8) is 0 Å². The van der Waals surface area contributed by atoms with Crippen LogP contribution < -0.4 is 9.47 Å². The molecule has 2 aromatic rings. The fraction of sp³-hybridized carbons (Fsp3) is 0.235. The summed E-state index contributed by atoms with van der Waals surface area (Å²) in [5.74, 6) is 1.67. The van der Waals surface area contributed by atoms with E-state index in [1.54, 1.807) is 19.2 Å². The normalized spacial score (nSPS) is 10.2. The molecule has 0 spiro atoms. The molecule has 0 amide bonds. The Kier molecular flexibility index (Phi) is 4.08. The molecular weight excluding hydrogens is 252 g/mol. The first kappa shape index (κ1) is 14.1. The Hall–Kier alpha value is -2.29. The van der Waals surface area contributed by atoms with Crippen LogP contribution in [0.1, 0.15) is 28.4 Å². The molecule has 0 aromatic heterocycles. The number of ketones is 1. The molecule has 104 valence electrons. The maximum absolute atomic E-state index is 11.8. The van der Waals surface area contributed by atoms with E-state index in [4.69, 9.17) is 9.47 Å². The summed E-state index contributed by atoms with van der Waals surface area (Å²) in [4.78, 5) is 11.8. The Morgan fingerprint density at radius 2 is 1.70 bits per heavy atom. The van der Waals surface area contributed by atoms with Gasteiger partial charge in [-0.05, 0) is 56.2 Å². The fourth-order valence-electron chi connectivity index (χ4n) is 2.02. The molecule has 0 radical (unpaired) electrons. The predicted octanol–water partition coefficient (Wildman–Crippen LogP) is 4.31. The van der Waals surface area contributed by atoms with E-state index in [2.05, 4.69) is 0 Å². The molecule has 20 heavy (non-hydrogen) atoms. The van der Waals surface area contributed by atoms with Gasteiger partial charge in [0.2, 0.25) is 0 Å². The zero-order valence-corrected chi connectivity index (χ0v) is 12.2. The quantitative estimate of drug-likeness (QED) is 0.777. The second kappa shape index (κ2) is 5.78. The second-order valence-corrected chi connectivity index (χ2v) is 4.74. The summed E-state index contributed by atoms with van der Waals surface area (Å²) >= 11 is 0. The Bertz CT molecular complexity index is 645. The summed E-state index contributed by atoms with van der Waals surface area (Å²) in [6, 6.07) is 11.2. The number of benzene rings is 2. The smallest absolute Gasteiger partial charge is 0.167 e. The van der Waals surface area contributed by atoms with Crippen LogP contribution in [-0.4, -0.2) is 12.9 Å². The molecule has 0 unspecified atom stereocenters. The van der Waals surface area contributed by atoms with Gasteiger partial charge in [-0.2, -0.15) is 0 Å². The summed E-state index contributed by atoms with van der Waals surface area (Å²) in [6.45, 7) is 5.58. The lowest BCUT2D eigenvalue weighted by Gasteiger charge is -2.13. The molecule has 0 heterocycles. The van der Waals surface area contributed by atoms with Crippen molar-refractivity contribution in [1.82, 2.24) is 0 Å². The van der Waals surface area contributed by atoms with Crippen LogP contribution in [0.5, 0.6) is 17.2 Å². The fourth-order valence-corrected chi connectivity index (χ4v) is 2.02. The van der Waals surface area contributed by atoms with Gasteiger partial charge < -0.3 is 9.47 Å². The first-order valence-corrected chi connectivity index (χ1v) is 6.46. The minimum Gasteiger partial charge on any atom is -0.496 e. The third kappa shape index (κ3) is 2.82. The van der Waals surface area contributed by atoms with E-state index in [9.17, 15) is 4.79 Å². The van der Waals surface area contributed by atoms with Crippen molar-refractivity contribution >= 4 is 5.78 Å². The van der Waals surface area contributed by atoms with E-state index >= 15 is 0 Å². The molecule has 0 saturated heterocycles. The van der Waals surface area contributed by atoms with E-state index in [0.717, 1.165) is 5.56 Å². The molecule has 3 nitrogen and oxygen atoms in total. The number of ether oxygens (including phenoxy) is 2.